The number of ether oxygens (including phenoxy) is 1. The molecular weight excluding hydrogens is 260 g/mol. The van der Waals surface area contributed by atoms with E-state index in [9.17, 15) is 4.79 Å². The summed E-state index contributed by atoms with van der Waals surface area (Å²) < 4.78 is 5.69. The Morgan fingerprint density at radius 1 is 1.67 bits per heavy atom. The first-order valence-corrected chi connectivity index (χ1v) is 5.45. The van der Waals surface area contributed by atoms with E-state index >= 15 is 0 Å². The molecule has 1 rings (SSSR count). The van der Waals surface area contributed by atoms with Crippen molar-refractivity contribution in [3.8, 4) is 0 Å². The molecule has 0 bridgehead atoms. The molecule has 0 radical (unpaired) electrons. The van der Waals surface area contributed by atoms with Gasteiger partial charge in [-0.1, -0.05) is 0 Å². The second kappa shape index (κ2) is 5.82. The standard InChI is InChI=1S/C10H13BrN2O2/c1-2-15-10(14)5-8(12)9-4-3-7(11)6-13-9/h3-4,6,8H,2,5,12H2,1H3. The van der Waals surface area contributed by atoms with E-state index in [-0.39, 0.29) is 12.4 Å². The highest BCUT2D eigenvalue weighted by atomic mass is 79.9. The molecule has 0 aliphatic rings. The molecule has 0 aromatic carbocycles. The molecule has 82 valence electrons. The van der Waals surface area contributed by atoms with Crippen LogP contribution >= 0.6 is 15.9 Å². The Bertz CT molecular complexity index is 327. The van der Waals surface area contributed by atoms with E-state index in [1.54, 1.807) is 19.2 Å². The number of carbonyl (C=O) groups is 1. The summed E-state index contributed by atoms with van der Waals surface area (Å²) in [6.45, 7) is 2.14. The van der Waals surface area contributed by atoms with Gasteiger partial charge in [-0.3, -0.25) is 9.78 Å². The summed E-state index contributed by atoms with van der Waals surface area (Å²) in [6, 6.07) is 3.22. The monoisotopic (exact) mass is 272 g/mol. The van der Waals surface area contributed by atoms with Gasteiger partial charge in [0.1, 0.15) is 0 Å². The van der Waals surface area contributed by atoms with Crippen LogP contribution in [0.2, 0.25) is 0 Å². The van der Waals surface area contributed by atoms with Crippen LogP contribution in [0.1, 0.15) is 25.1 Å². The van der Waals surface area contributed by atoms with Crippen molar-refractivity contribution in [2.75, 3.05) is 6.61 Å². The van der Waals surface area contributed by atoms with Gasteiger partial charge in [-0.2, -0.15) is 0 Å². The lowest BCUT2D eigenvalue weighted by Gasteiger charge is -2.09. The van der Waals surface area contributed by atoms with Crippen LogP contribution in [-0.4, -0.2) is 17.6 Å². The fourth-order valence-electron chi connectivity index (χ4n) is 1.11. The molecule has 0 saturated carbocycles. The number of hydrogen-bond donors (Lipinski definition) is 1. The Kier molecular flexibility index (Phi) is 4.71. The van der Waals surface area contributed by atoms with Crippen LogP contribution in [-0.2, 0) is 9.53 Å². The van der Waals surface area contributed by atoms with Gasteiger partial charge < -0.3 is 10.5 Å². The first-order chi connectivity index (χ1) is 7.13. The highest BCUT2D eigenvalue weighted by Gasteiger charge is 2.13. The highest BCUT2D eigenvalue weighted by molar-refractivity contribution is 9.10. The SMILES string of the molecule is CCOC(=O)CC(N)c1ccc(Br)cn1. The maximum atomic E-state index is 11.2. The van der Waals surface area contributed by atoms with Crippen molar-refractivity contribution in [3.63, 3.8) is 0 Å². The number of pyridine rings is 1. The van der Waals surface area contributed by atoms with Crippen LogP contribution in [0.4, 0.5) is 0 Å². The number of nitrogens with zero attached hydrogens (tertiary/aromatic N) is 1. The number of rotatable bonds is 4. The summed E-state index contributed by atoms with van der Waals surface area (Å²) in [5.41, 5.74) is 6.48. The molecule has 5 heteroatoms. The molecular formula is C10H13BrN2O2. The zero-order valence-corrected chi connectivity index (χ0v) is 10.0. The van der Waals surface area contributed by atoms with E-state index in [4.69, 9.17) is 10.5 Å². The van der Waals surface area contributed by atoms with Crippen molar-refractivity contribution in [2.45, 2.75) is 19.4 Å². The zero-order valence-electron chi connectivity index (χ0n) is 8.44. The quantitative estimate of drug-likeness (QED) is 0.849. The van der Waals surface area contributed by atoms with Crippen LogP contribution in [0, 0.1) is 0 Å². The lowest BCUT2D eigenvalue weighted by Crippen LogP contribution is -2.18. The third-order valence-electron chi connectivity index (χ3n) is 1.82. The van der Waals surface area contributed by atoms with Gasteiger partial charge in [-0.15, -0.1) is 0 Å². The van der Waals surface area contributed by atoms with Crippen LogP contribution in [0.15, 0.2) is 22.8 Å². The number of aromatic nitrogens is 1. The predicted molar refractivity (Wildman–Crippen MR) is 60.1 cm³/mol. The van der Waals surface area contributed by atoms with Gasteiger partial charge in [-0.25, -0.2) is 0 Å². The molecule has 4 nitrogen and oxygen atoms in total. The van der Waals surface area contributed by atoms with Gasteiger partial charge in [0.05, 0.1) is 24.8 Å². The van der Waals surface area contributed by atoms with Crippen LogP contribution in [0.25, 0.3) is 0 Å². The van der Waals surface area contributed by atoms with Gasteiger partial charge in [0.15, 0.2) is 0 Å². The van der Waals surface area contributed by atoms with E-state index in [1.165, 1.54) is 0 Å². The van der Waals surface area contributed by atoms with Crippen molar-refractivity contribution in [3.05, 3.63) is 28.5 Å². The van der Waals surface area contributed by atoms with E-state index in [1.807, 2.05) is 6.07 Å². The smallest absolute Gasteiger partial charge is 0.307 e. The summed E-state index contributed by atoms with van der Waals surface area (Å²) in [4.78, 5) is 15.3. The second-order valence-corrected chi connectivity index (χ2v) is 3.93. The molecule has 1 aromatic rings. The van der Waals surface area contributed by atoms with Crippen molar-refractivity contribution < 1.29 is 9.53 Å². The summed E-state index contributed by atoms with van der Waals surface area (Å²) in [7, 11) is 0. The van der Waals surface area contributed by atoms with Crippen molar-refractivity contribution in [1.82, 2.24) is 4.98 Å². The molecule has 1 aromatic heterocycles. The lowest BCUT2D eigenvalue weighted by atomic mass is 10.1. The Morgan fingerprint density at radius 2 is 2.40 bits per heavy atom. The number of halogens is 1. The minimum atomic E-state index is -0.405. The lowest BCUT2D eigenvalue weighted by molar-refractivity contribution is -0.143. The minimum Gasteiger partial charge on any atom is -0.466 e. The van der Waals surface area contributed by atoms with E-state index in [0.29, 0.717) is 12.3 Å². The largest absolute Gasteiger partial charge is 0.466 e. The maximum absolute atomic E-state index is 11.2. The number of nitrogens with two attached hydrogens (primary N) is 1. The molecule has 0 aliphatic carbocycles. The zero-order chi connectivity index (χ0) is 11.3. The summed E-state index contributed by atoms with van der Waals surface area (Å²) in [5, 5.41) is 0. The molecule has 1 atom stereocenters. The normalized spacial score (nSPS) is 12.2. The highest BCUT2D eigenvalue weighted by Crippen LogP contribution is 2.14. The predicted octanol–water partition coefficient (Wildman–Crippen LogP) is 1.80. The fraction of sp³-hybridized carbons (Fsp3) is 0.400. The topological polar surface area (TPSA) is 65.2 Å². The first kappa shape index (κ1) is 12.1. The van der Waals surface area contributed by atoms with E-state index < -0.39 is 6.04 Å². The van der Waals surface area contributed by atoms with Crippen molar-refractivity contribution in [2.24, 2.45) is 5.73 Å². The summed E-state index contributed by atoms with van der Waals surface area (Å²) in [5.74, 6) is -0.297. The van der Waals surface area contributed by atoms with Crippen molar-refractivity contribution in [1.29, 1.82) is 0 Å². The molecule has 1 heterocycles. The Morgan fingerprint density at radius 3 is 2.93 bits per heavy atom. The van der Waals surface area contributed by atoms with Gasteiger partial charge in [-0.05, 0) is 35.0 Å². The average molecular weight is 273 g/mol. The van der Waals surface area contributed by atoms with Crippen LogP contribution in [0.5, 0.6) is 0 Å². The molecule has 15 heavy (non-hydrogen) atoms. The fourth-order valence-corrected chi connectivity index (χ4v) is 1.35. The molecule has 0 fully saturated rings. The summed E-state index contributed by atoms with van der Waals surface area (Å²) >= 11 is 3.28. The number of esters is 1. The molecule has 2 N–H and O–H groups in total. The minimum absolute atomic E-state index is 0.155. The Hall–Kier alpha value is -0.940. The third-order valence-corrected chi connectivity index (χ3v) is 2.29. The molecule has 0 saturated heterocycles. The Labute approximate surface area is 97.0 Å². The number of carbonyl (C=O) groups excluding carboxylic acids is 1. The molecule has 0 aliphatic heterocycles. The third kappa shape index (κ3) is 3.97. The first-order valence-electron chi connectivity index (χ1n) is 4.66. The average Bonchev–Trinajstić information content (AvgIpc) is 2.18. The van der Waals surface area contributed by atoms with Gasteiger partial charge >= 0.3 is 5.97 Å². The van der Waals surface area contributed by atoms with Crippen LogP contribution < -0.4 is 5.73 Å². The van der Waals surface area contributed by atoms with Crippen molar-refractivity contribution >= 4 is 21.9 Å². The van der Waals surface area contributed by atoms with Gasteiger partial charge in [0.25, 0.3) is 0 Å². The Balaban J connectivity index is 2.57. The van der Waals surface area contributed by atoms with Gasteiger partial charge in [0, 0.05) is 10.7 Å². The van der Waals surface area contributed by atoms with E-state index in [2.05, 4.69) is 20.9 Å². The molecule has 1 unspecified atom stereocenters. The second-order valence-electron chi connectivity index (χ2n) is 3.02. The van der Waals surface area contributed by atoms with Crippen LogP contribution in [0.3, 0.4) is 0 Å². The number of hydrogen-bond acceptors (Lipinski definition) is 4. The van der Waals surface area contributed by atoms with Gasteiger partial charge in [0.2, 0.25) is 0 Å². The summed E-state index contributed by atoms with van der Waals surface area (Å²) in [6.07, 6.45) is 1.81. The maximum Gasteiger partial charge on any atom is 0.307 e. The molecule has 0 amide bonds. The molecule has 0 spiro atoms. The van der Waals surface area contributed by atoms with E-state index in [0.717, 1.165) is 4.47 Å².